The third-order valence-corrected chi connectivity index (χ3v) is 3.48. The van der Waals surface area contributed by atoms with Crippen molar-refractivity contribution in [2.45, 2.75) is 32.4 Å². The van der Waals surface area contributed by atoms with Gasteiger partial charge >= 0.3 is 6.01 Å². The molecule has 0 bridgehead atoms. The average Bonchev–Trinajstić information content (AvgIpc) is 2.87. The zero-order valence-electron chi connectivity index (χ0n) is 10.5. The van der Waals surface area contributed by atoms with Crippen molar-refractivity contribution in [1.82, 2.24) is 4.98 Å². The number of anilines is 2. The molecule has 1 aromatic carbocycles. The summed E-state index contributed by atoms with van der Waals surface area (Å²) < 4.78 is 5.56. The van der Waals surface area contributed by atoms with Gasteiger partial charge in [-0.1, -0.05) is 18.2 Å². The van der Waals surface area contributed by atoms with Crippen LogP contribution in [0.2, 0.25) is 0 Å². The number of nitrogens with zero attached hydrogens (tertiary/aromatic N) is 2. The Bertz CT molecular complexity index is 549. The molecule has 2 N–H and O–H groups in total. The van der Waals surface area contributed by atoms with Crippen LogP contribution >= 0.6 is 0 Å². The summed E-state index contributed by atoms with van der Waals surface area (Å²) in [5.74, 6) is 0. The predicted molar refractivity (Wildman–Crippen MR) is 70.8 cm³/mol. The highest BCUT2D eigenvalue weighted by atomic mass is 16.4. The molecule has 94 valence electrons. The summed E-state index contributed by atoms with van der Waals surface area (Å²) in [5, 5.41) is 0. The number of aryl methyl sites for hydroxylation is 1. The fourth-order valence-electron chi connectivity index (χ4n) is 2.48. The minimum Gasteiger partial charge on any atom is -0.431 e. The molecule has 3 rings (SSSR count). The Morgan fingerprint density at radius 3 is 3.06 bits per heavy atom. The maximum absolute atomic E-state index is 5.58. The molecule has 0 aliphatic carbocycles. The van der Waals surface area contributed by atoms with Gasteiger partial charge in [0.25, 0.3) is 0 Å². The van der Waals surface area contributed by atoms with Gasteiger partial charge in [0.15, 0.2) is 0 Å². The number of oxazole rings is 1. The minimum absolute atomic E-state index is 0.393. The van der Waals surface area contributed by atoms with E-state index >= 15 is 0 Å². The highest BCUT2D eigenvalue weighted by Gasteiger charge is 2.27. The maximum Gasteiger partial charge on any atom is 0.302 e. The van der Waals surface area contributed by atoms with Crippen molar-refractivity contribution < 1.29 is 4.42 Å². The van der Waals surface area contributed by atoms with Crippen molar-refractivity contribution in [2.24, 2.45) is 5.73 Å². The molecular formula is C14H17N3O. The summed E-state index contributed by atoms with van der Waals surface area (Å²) in [6, 6.07) is 9.46. The third kappa shape index (κ3) is 1.78. The van der Waals surface area contributed by atoms with Gasteiger partial charge in [-0.05, 0) is 31.4 Å². The van der Waals surface area contributed by atoms with Gasteiger partial charge in [-0.15, -0.1) is 0 Å². The van der Waals surface area contributed by atoms with Crippen LogP contribution in [0.3, 0.4) is 0 Å². The number of benzene rings is 1. The van der Waals surface area contributed by atoms with E-state index in [2.05, 4.69) is 41.1 Å². The van der Waals surface area contributed by atoms with Gasteiger partial charge in [0.1, 0.15) is 6.26 Å². The first-order valence-electron chi connectivity index (χ1n) is 6.31. The summed E-state index contributed by atoms with van der Waals surface area (Å²) in [6.45, 7) is 2.61. The molecule has 0 radical (unpaired) electrons. The molecule has 2 heterocycles. The largest absolute Gasteiger partial charge is 0.431 e. The van der Waals surface area contributed by atoms with Crippen LogP contribution in [0.4, 0.5) is 11.7 Å². The van der Waals surface area contributed by atoms with Gasteiger partial charge in [0.2, 0.25) is 0 Å². The van der Waals surface area contributed by atoms with E-state index in [9.17, 15) is 0 Å². The molecule has 18 heavy (non-hydrogen) atoms. The second-order valence-corrected chi connectivity index (χ2v) is 4.71. The first-order chi connectivity index (χ1) is 8.79. The Hall–Kier alpha value is -1.81. The van der Waals surface area contributed by atoms with Gasteiger partial charge in [-0.3, -0.25) is 4.90 Å². The lowest BCUT2D eigenvalue weighted by Crippen LogP contribution is -2.33. The van der Waals surface area contributed by atoms with Crippen LogP contribution in [-0.4, -0.2) is 11.0 Å². The fraction of sp³-hybridized carbons (Fsp3) is 0.357. The van der Waals surface area contributed by atoms with E-state index in [-0.39, 0.29) is 0 Å². The smallest absolute Gasteiger partial charge is 0.302 e. The van der Waals surface area contributed by atoms with E-state index in [0.29, 0.717) is 18.6 Å². The number of fused-ring (bicyclic) bond motifs is 1. The molecule has 4 heteroatoms. The van der Waals surface area contributed by atoms with Gasteiger partial charge in [-0.25, -0.2) is 0 Å². The molecule has 0 saturated heterocycles. The molecular weight excluding hydrogens is 226 g/mol. The van der Waals surface area contributed by atoms with Crippen LogP contribution in [-0.2, 0) is 13.0 Å². The second kappa shape index (κ2) is 4.46. The molecule has 0 spiro atoms. The summed E-state index contributed by atoms with van der Waals surface area (Å²) in [4.78, 5) is 6.60. The standard InChI is InChI=1S/C14H17N3O/c1-10-6-7-11-4-2-3-5-13(11)17(10)14-16-12(8-15)9-18-14/h2-5,9-10H,6-8,15H2,1H3. The average molecular weight is 243 g/mol. The molecule has 2 aromatic rings. The number of nitrogens with two attached hydrogens (primary N) is 1. The second-order valence-electron chi connectivity index (χ2n) is 4.71. The first kappa shape index (κ1) is 11.3. The van der Waals surface area contributed by atoms with Crippen LogP contribution in [0.5, 0.6) is 0 Å². The van der Waals surface area contributed by atoms with Crippen molar-refractivity contribution in [3.05, 3.63) is 41.8 Å². The zero-order chi connectivity index (χ0) is 12.5. The topological polar surface area (TPSA) is 55.3 Å². The maximum atomic E-state index is 5.58. The number of hydrogen-bond donors (Lipinski definition) is 1. The van der Waals surface area contributed by atoms with E-state index < -0.39 is 0 Å². The van der Waals surface area contributed by atoms with E-state index in [1.54, 1.807) is 6.26 Å². The molecule has 1 atom stereocenters. The summed E-state index contributed by atoms with van der Waals surface area (Å²) in [7, 11) is 0. The highest BCUT2D eigenvalue weighted by molar-refractivity contribution is 5.63. The number of aromatic nitrogens is 1. The van der Waals surface area contributed by atoms with Crippen LogP contribution in [0.15, 0.2) is 34.9 Å². The molecule has 4 nitrogen and oxygen atoms in total. The normalized spacial score (nSPS) is 18.8. The molecule has 1 aliphatic rings. The van der Waals surface area contributed by atoms with Gasteiger partial charge in [0.05, 0.1) is 5.69 Å². The van der Waals surface area contributed by atoms with Crippen LogP contribution < -0.4 is 10.6 Å². The van der Waals surface area contributed by atoms with Crippen LogP contribution in [0, 0.1) is 0 Å². The first-order valence-corrected chi connectivity index (χ1v) is 6.31. The third-order valence-electron chi connectivity index (χ3n) is 3.48. The Morgan fingerprint density at radius 1 is 1.44 bits per heavy atom. The van der Waals surface area contributed by atoms with Crippen molar-refractivity contribution in [1.29, 1.82) is 0 Å². The summed E-state index contributed by atoms with van der Waals surface area (Å²) in [6.07, 6.45) is 3.86. The van der Waals surface area contributed by atoms with Crippen molar-refractivity contribution >= 4 is 11.7 Å². The van der Waals surface area contributed by atoms with E-state index in [1.807, 2.05) is 0 Å². The SMILES string of the molecule is CC1CCc2ccccc2N1c1nc(CN)co1. The Balaban J connectivity index is 2.04. The van der Waals surface area contributed by atoms with Crippen LogP contribution in [0.1, 0.15) is 24.6 Å². The van der Waals surface area contributed by atoms with Gasteiger partial charge < -0.3 is 10.2 Å². The lowest BCUT2D eigenvalue weighted by molar-refractivity contribution is 0.510. The van der Waals surface area contributed by atoms with E-state index in [4.69, 9.17) is 10.2 Å². The predicted octanol–water partition coefficient (Wildman–Crippen LogP) is 2.61. The number of para-hydroxylation sites is 1. The van der Waals surface area contributed by atoms with Crippen LogP contribution in [0.25, 0.3) is 0 Å². The number of rotatable bonds is 2. The molecule has 1 unspecified atom stereocenters. The van der Waals surface area contributed by atoms with Gasteiger partial charge in [-0.2, -0.15) is 4.98 Å². The number of hydrogen-bond acceptors (Lipinski definition) is 4. The monoisotopic (exact) mass is 243 g/mol. The van der Waals surface area contributed by atoms with E-state index in [1.165, 1.54) is 11.3 Å². The molecule has 0 fully saturated rings. The Morgan fingerprint density at radius 2 is 2.28 bits per heavy atom. The highest BCUT2D eigenvalue weighted by Crippen LogP contribution is 2.35. The molecule has 0 saturated carbocycles. The summed E-state index contributed by atoms with van der Waals surface area (Å²) >= 11 is 0. The van der Waals surface area contributed by atoms with E-state index in [0.717, 1.165) is 18.5 Å². The van der Waals surface area contributed by atoms with Crippen molar-refractivity contribution in [3.63, 3.8) is 0 Å². The van der Waals surface area contributed by atoms with Crippen molar-refractivity contribution in [2.75, 3.05) is 4.90 Å². The molecule has 1 aromatic heterocycles. The fourth-order valence-corrected chi connectivity index (χ4v) is 2.48. The lowest BCUT2D eigenvalue weighted by Gasteiger charge is -2.33. The van der Waals surface area contributed by atoms with Crippen molar-refractivity contribution in [3.8, 4) is 0 Å². The van der Waals surface area contributed by atoms with Gasteiger partial charge in [0, 0.05) is 18.3 Å². The lowest BCUT2D eigenvalue weighted by atomic mass is 9.97. The molecule has 1 aliphatic heterocycles. The Kier molecular flexibility index (Phi) is 2.80. The quantitative estimate of drug-likeness (QED) is 0.880. The summed E-state index contributed by atoms with van der Waals surface area (Å²) in [5.41, 5.74) is 8.92. The zero-order valence-corrected chi connectivity index (χ0v) is 10.5. The molecule has 0 amide bonds. The minimum atomic E-state index is 0.393. The Labute approximate surface area is 106 Å².